The fourth-order valence-electron chi connectivity index (χ4n) is 3.82. The van der Waals surface area contributed by atoms with Crippen molar-refractivity contribution >= 4 is 16.9 Å². The monoisotopic (exact) mass is 423 g/mol. The fourth-order valence-corrected chi connectivity index (χ4v) is 3.82. The van der Waals surface area contributed by atoms with Gasteiger partial charge in [0.05, 0.1) is 33.3 Å². The van der Waals surface area contributed by atoms with Crippen LogP contribution < -0.4 is 20.0 Å². The molecule has 3 aromatic rings. The van der Waals surface area contributed by atoms with E-state index >= 15 is 0 Å². The Balaban J connectivity index is 1.34. The molecular formula is C24H27N2O5+. The number of nitrogens with zero attached hydrogens (tertiary/aromatic N) is 1. The number of ether oxygens (including phenoxy) is 2. The molecule has 0 bridgehead atoms. The van der Waals surface area contributed by atoms with Crippen LogP contribution in [-0.4, -0.2) is 57.2 Å². The zero-order valence-electron chi connectivity index (χ0n) is 17.8. The lowest BCUT2D eigenvalue weighted by Gasteiger charge is -2.32. The van der Waals surface area contributed by atoms with Gasteiger partial charge in [-0.05, 0) is 31.2 Å². The molecule has 31 heavy (non-hydrogen) atoms. The van der Waals surface area contributed by atoms with Crippen LogP contribution in [0.2, 0.25) is 0 Å². The zero-order chi connectivity index (χ0) is 21.8. The van der Waals surface area contributed by atoms with E-state index in [2.05, 4.69) is 0 Å². The molecule has 0 saturated carbocycles. The van der Waals surface area contributed by atoms with Crippen LogP contribution in [0.3, 0.4) is 0 Å². The van der Waals surface area contributed by atoms with Crippen LogP contribution in [0.25, 0.3) is 11.0 Å². The Kier molecular flexibility index (Phi) is 6.23. The predicted octanol–water partition coefficient (Wildman–Crippen LogP) is 1.53. The Hall–Kier alpha value is -3.32. The first-order valence-electron chi connectivity index (χ1n) is 10.5. The van der Waals surface area contributed by atoms with Crippen molar-refractivity contribution in [1.29, 1.82) is 0 Å². The zero-order valence-corrected chi connectivity index (χ0v) is 17.8. The molecule has 1 amide bonds. The number of hydrogen-bond donors (Lipinski definition) is 1. The number of para-hydroxylation sites is 1. The third-order valence-electron chi connectivity index (χ3n) is 5.68. The van der Waals surface area contributed by atoms with Crippen molar-refractivity contribution in [1.82, 2.24) is 4.90 Å². The SMILES string of the molecule is COc1cccc2cc(C(=O)N3CC[NH+](CCOc4ccc(C)cc4)CC3)c(=O)oc12. The minimum Gasteiger partial charge on any atom is -0.493 e. The van der Waals surface area contributed by atoms with E-state index in [-0.39, 0.29) is 11.5 Å². The molecule has 2 heterocycles. The Morgan fingerprint density at radius 3 is 2.58 bits per heavy atom. The van der Waals surface area contributed by atoms with E-state index in [1.54, 1.807) is 29.2 Å². The standard InChI is InChI=1S/C24H26N2O5/c1-17-6-8-19(9-7-17)30-15-14-25-10-12-26(13-11-25)23(27)20-16-18-4-3-5-21(29-2)22(18)31-24(20)28/h3-9,16H,10-15H2,1-2H3/p+1. The molecular weight excluding hydrogens is 396 g/mol. The van der Waals surface area contributed by atoms with E-state index in [1.165, 1.54) is 17.6 Å². The Morgan fingerprint density at radius 1 is 1.13 bits per heavy atom. The van der Waals surface area contributed by atoms with Crippen LogP contribution in [0.4, 0.5) is 0 Å². The van der Waals surface area contributed by atoms with Gasteiger partial charge in [0.1, 0.15) is 24.5 Å². The number of rotatable bonds is 6. The van der Waals surface area contributed by atoms with Crippen molar-refractivity contribution in [3.8, 4) is 11.5 Å². The van der Waals surface area contributed by atoms with E-state index < -0.39 is 5.63 Å². The van der Waals surface area contributed by atoms with Crippen molar-refractivity contribution in [2.75, 3.05) is 46.4 Å². The maximum Gasteiger partial charge on any atom is 0.349 e. The van der Waals surface area contributed by atoms with Crippen molar-refractivity contribution in [3.63, 3.8) is 0 Å². The van der Waals surface area contributed by atoms with E-state index in [9.17, 15) is 9.59 Å². The van der Waals surface area contributed by atoms with Crippen LogP contribution in [0, 0.1) is 6.92 Å². The number of methoxy groups -OCH3 is 1. The molecule has 0 radical (unpaired) electrons. The lowest BCUT2D eigenvalue weighted by molar-refractivity contribution is -0.903. The Bertz CT molecular complexity index is 1120. The number of carbonyl (C=O) groups excluding carboxylic acids is 1. The molecule has 0 aliphatic carbocycles. The van der Waals surface area contributed by atoms with Crippen molar-refractivity contribution in [3.05, 3.63) is 70.1 Å². The molecule has 1 aliphatic heterocycles. The van der Waals surface area contributed by atoms with Gasteiger partial charge in [0.25, 0.3) is 5.91 Å². The number of nitrogens with one attached hydrogen (secondary N) is 1. The number of quaternary nitrogens is 1. The summed E-state index contributed by atoms with van der Waals surface area (Å²) in [5, 5.41) is 0.666. The first-order chi connectivity index (χ1) is 15.0. The van der Waals surface area contributed by atoms with Crippen molar-refractivity contribution in [2.45, 2.75) is 6.92 Å². The number of carbonyl (C=O) groups is 1. The predicted molar refractivity (Wildman–Crippen MR) is 117 cm³/mol. The summed E-state index contributed by atoms with van der Waals surface area (Å²) in [6, 6.07) is 14.9. The Labute approximate surface area is 180 Å². The summed E-state index contributed by atoms with van der Waals surface area (Å²) in [5.41, 5.74) is 0.989. The van der Waals surface area contributed by atoms with Gasteiger partial charge in [0.15, 0.2) is 11.3 Å². The average molecular weight is 423 g/mol. The molecule has 1 saturated heterocycles. The molecule has 0 atom stereocenters. The van der Waals surface area contributed by atoms with Crippen molar-refractivity contribution < 1.29 is 23.6 Å². The van der Waals surface area contributed by atoms with E-state index in [0.717, 1.165) is 25.4 Å². The van der Waals surface area contributed by atoms with Crippen LogP contribution >= 0.6 is 0 Å². The van der Waals surface area contributed by atoms with Crippen LogP contribution in [-0.2, 0) is 0 Å². The van der Waals surface area contributed by atoms with E-state index in [1.807, 2.05) is 31.2 Å². The number of benzene rings is 2. The molecule has 0 spiro atoms. The highest BCUT2D eigenvalue weighted by atomic mass is 16.5. The van der Waals surface area contributed by atoms with Gasteiger partial charge in [0, 0.05) is 5.39 Å². The normalized spacial score (nSPS) is 14.6. The average Bonchev–Trinajstić information content (AvgIpc) is 2.79. The van der Waals surface area contributed by atoms with Crippen LogP contribution in [0.15, 0.2) is 57.7 Å². The van der Waals surface area contributed by atoms with Gasteiger partial charge < -0.3 is 23.7 Å². The highest BCUT2D eigenvalue weighted by molar-refractivity contribution is 5.97. The summed E-state index contributed by atoms with van der Waals surface area (Å²) in [6.45, 7) is 6.36. The molecule has 1 fully saturated rings. The summed E-state index contributed by atoms with van der Waals surface area (Å²) in [5.74, 6) is 1.06. The summed E-state index contributed by atoms with van der Waals surface area (Å²) >= 11 is 0. The second-order valence-corrected chi connectivity index (χ2v) is 7.78. The third-order valence-corrected chi connectivity index (χ3v) is 5.68. The second-order valence-electron chi connectivity index (χ2n) is 7.78. The smallest absolute Gasteiger partial charge is 0.349 e. The lowest BCUT2D eigenvalue weighted by atomic mass is 10.1. The van der Waals surface area contributed by atoms with E-state index in [4.69, 9.17) is 13.9 Å². The van der Waals surface area contributed by atoms with Crippen LogP contribution in [0.5, 0.6) is 11.5 Å². The molecule has 162 valence electrons. The quantitative estimate of drug-likeness (QED) is 0.609. The number of fused-ring (bicyclic) bond motifs is 1. The maximum atomic E-state index is 13.0. The summed E-state index contributed by atoms with van der Waals surface area (Å²) in [4.78, 5) is 28.5. The number of aryl methyl sites for hydroxylation is 1. The highest BCUT2D eigenvalue weighted by Crippen LogP contribution is 2.24. The molecule has 1 aliphatic rings. The number of hydrogen-bond acceptors (Lipinski definition) is 5. The van der Waals surface area contributed by atoms with Gasteiger partial charge in [-0.3, -0.25) is 4.79 Å². The van der Waals surface area contributed by atoms with Gasteiger partial charge in [-0.1, -0.05) is 29.8 Å². The van der Waals surface area contributed by atoms with Gasteiger partial charge in [-0.15, -0.1) is 0 Å². The minimum absolute atomic E-state index is 0.0620. The topological polar surface area (TPSA) is 73.4 Å². The summed E-state index contributed by atoms with van der Waals surface area (Å²) in [6.07, 6.45) is 0. The molecule has 1 N–H and O–H groups in total. The summed E-state index contributed by atoms with van der Waals surface area (Å²) < 4.78 is 16.5. The van der Waals surface area contributed by atoms with E-state index in [0.29, 0.717) is 36.4 Å². The highest BCUT2D eigenvalue weighted by Gasteiger charge is 2.27. The molecule has 1 aromatic heterocycles. The van der Waals surface area contributed by atoms with Gasteiger partial charge in [0.2, 0.25) is 0 Å². The van der Waals surface area contributed by atoms with Crippen LogP contribution in [0.1, 0.15) is 15.9 Å². The van der Waals surface area contributed by atoms with Gasteiger partial charge in [-0.25, -0.2) is 4.79 Å². The molecule has 7 heteroatoms. The lowest BCUT2D eigenvalue weighted by Crippen LogP contribution is -3.15. The van der Waals surface area contributed by atoms with Gasteiger partial charge >= 0.3 is 5.63 Å². The number of amides is 1. The molecule has 0 unspecified atom stereocenters. The third kappa shape index (κ3) is 4.72. The maximum absolute atomic E-state index is 13.0. The van der Waals surface area contributed by atoms with Crippen molar-refractivity contribution in [2.24, 2.45) is 0 Å². The first kappa shape index (κ1) is 20.9. The molecule has 7 nitrogen and oxygen atoms in total. The molecule has 2 aromatic carbocycles. The summed E-state index contributed by atoms with van der Waals surface area (Å²) in [7, 11) is 1.52. The minimum atomic E-state index is -0.636. The second kappa shape index (κ2) is 9.22. The largest absolute Gasteiger partial charge is 0.493 e. The molecule has 4 rings (SSSR count). The number of piperazine rings is 1. The van der Waals surface area contributed by atoms with Gasteiger partial charge in [-0.2, -0.15) is 0 Å². The first-order valence-corrected chi connectivity index (χ1v) is 10.5. The fraction of sp³-hybridized carbons (Fsp3) is 0.333. The Morgan fingerprint density at radius 2 is 1.87 bits per heavy atom.